The fourth-order valence-corrected chi connectivity index (χ4v) is 6.00. The van der Waals surface area contributed by atoms with E-state index in [4.69, 9.17) is 21.3 Å². The van der Waals surface area contributed by atoms with Gasteiger partial charge in [0.2, 0.25) is 0 Å². The first-order chi connectivity index (χ1) is 20.9. The van der Waals surface area contributed by atoms with Crippen LogP contribution in [-0.2, 0) is 17.9 Å². The SMILES string of the molecule is COc1ccc(N=C2S/C(=C\c3cn(Cc4ccc(Cl)cc4)c4ccccc34)C(=O)N2Cc2ccc(C(=O)O)cc2)cc1. The highest BCUT2D eigenvalue weighted by atomic mass is 35.5. The monoisotopic (exact) mass is 607 g/mol. The largest absolute Gasteiger partial charge is 0.497 e. The molecule has 9 heteroatoms. The molecule has 1 aromatic heterocycles. The summed E-state index contributed by atoms with van der Waals surface area (Å²) >= 11 is 7.41. The van der Waals surface area contributed by atoms with Gasteiger partial charge in [0.05, 0.1) is 29.8 Å². The molecule has 1 saturated heterocycles. The van der Waals surface area contributed by atoms with Gasteiger partial charge in [-0.05, 0) is 83.6 Å². The van der Waals surface area contributed by atoms with Crippen LogP contribution in [0.5, 0.6) is 5.75 Å². The number of carboxylic acid groups (broad SMARTS) is 1. The van der Waals surface area contributed by atoms with Gasteiger partial charge in [-0.3, -0.25) is 9.69 Å². The van der Waals surface area contributed by atoms with E-state index in [0.717, 1.165) is 27.6 Å². The van der Waals surface area contributed by atoms with Gasteiger partial charge in [-0.25, -0.2) is 9.79 Å². The van der Waals surface area contributed by atoms with Gasteiger partial charge < -0.3 is 14.4 Å². The van der Waals surface area contributed by atoms with Gasteiger partial charge in [0.1, 0.15) is 5.75 Å². The van der Waals surface area contributed by atoms with Crippen molar-refractivity contribution < 1.29 is 19.4 Å². The number of carboxylic acids is 1. The lowest BCUT2D eigenvalue weighted by molar-refractivity contribution is -0.122. The van der Waals surface area contributed by atoms with E-state index in [-0.39, 0.29) is 18.0 Å². The first-order valence-electron chi connectivity index (χ1n) is 13.5. The number of benzene rings is 4. The third-order valence-electron chi connectivity index (χ3n) is 7.10. The van der Waals surface area contributed by atoms with Crippen molar-refractivity contribution in [3.8, 4) is 5.75 Å². The number of ether oxygens (including phenoxy) is 1. The number of amidine groups is 1. The minimum absolute atomic E-state index is 0.172. The Hall–Kier alpha value is -4.79. The third kappa shape index (κ3) is 6.21. The van der Waals surface area contributed by atoms with Crippen LogP contribution in [0.15, 0.2) is 113 Å². The van der Waals surface area contributed by atoms with E-state index in [1.165, 1.54) is 23.9 Å². The summed E-state index contributed by atoms with van der Waals surface area (Å²) in [5, 5.41) is 11.5. The van der Waals surface area contributed by atoms with Crippen LogP contribution >= 0.6 is 23.4 Å². The zero-order chi connectivity index (χ0) is 29.9. The van der Waals surface area contributed by atoms with Gasteiger partial charge in [-0.15, -0.1) is 0 Å². The molecule has 1 aliphatic rings. The summed E-state index contributed by atoms with van der Waals surface area (Å²) in [5.74, 6) is -0.458. The minimum Gasteiger partial charge on any atom is -0.497 e. The lowest BCUT2D eigenvalue weighted by atomic mass is 10.1. The summed E-state index contributed by atoms with van der Waals surface area (Å²) in [6.45, 7) is 0.904. The number of aliphatic imine (C=N–C) groups is 1. The van der Waals surface area contributed by atoms with Crippen LogP contribution in [0.2, 0.25) is 5.02 Å². The van der Waals surface area contributed by atoms with E-state index in [0.29, 0.717) is 33.1 Å². The van der Waals surface area contributed by atoms with Crippen molar-refractivity contribution in [2.75, 3.05) is 7.11 Å². The standard InChI is InChI=1S/C34H26ClN3O4S/c1-42-28-16-14-27(15-17-28)36-34-38(20-23-6-10-24(11-7-23)33(40)41)32(39)31(43-34)18-25-21-37(30-5-3-2-4-29(25)30)19-22-8-12-26(35)13-9-22/h2-18,21H,19-20H2,1H3,(H,40,41)/b31-18-,36-34?. The quantitative estimate of drug-likeness (QED) is 0.182. The number of hydrogen-bond donors (Lipinski definition) is 1. The summed E-state index contributed by atoms with van der Waals surface area (Å²) in [6.07, 6.45) is 3.98. The number of methoxy groups -OCH3 is 1. The molecule has 0 aliphatic carbocycles. The highest BCUT2D eigenvalue weighted by Gasteiger charge is 2.34. The Morgan fingerprint density at radius 2 is 1.60 bits per heavy atom. The van der Waals surface area contributed by atoms with E-state index < -0.39 is 5.97 Å². The number of rotatable bonds is 8. The maximum Gasteiger partial charge on any atom is 0.335 e. The molecule has 214 valence electrons. The van der Waals surface area contributed by atoms with Gasteiger partial charge >= 0.3 is 5.97 Å². The topological polar surface area (TPSA) is 84.1 Å². The molecule has 0 bridgehead atoms. The number of aromatic carboxylic acids is 1. The van der Waals surface area contributed by atoms with Crippen LogP contribution in [0.3, 0.4) is 0 Å². The molecule has 5 aromatic rings. The predicted octanol–water partition coefficient (Wildman–Crippen LogP) is 7.85. The lowest BCUT2D eigenvalue weighted by Crippen LogP contribution is -2.28. The number of amides is 1. The molecule has 1 N–H and O–H groups in total. The van der Waals surface area contributed by atoms with Gasteiger partial charge in [-0.1, -0.05) is 54.1 Å². The van der Waals surface area contributed by atoms with Crippen LogP contribution in [0.25, 0.3) is 17.0 Å². The van der Waals surface area contributed by atoms with Crippen molar-refractivity contribution in [2.45, 2.75) is 13.1 Å². The van der Waals surface area contributed by atoms with E-state index in [2.05, 4.69) is 22.9 Å². The molecule has 0 radical (unpaired) electrons. The summed E-state index contributed by atoms with van der Waals surface area (Å²) < 4.78 is 7.44. The molecule has 2 heterocycles. The molecule has 0 unspecified atom stereocenters. The maximum absolute atomic E-state index is 13.9. The molecule has 0 spiro atoms. The second-order valence-corrected chi connectivity index (χ2v) is 11.4. The molecule has 0 atom stereocenters. The Morgan fingerprint density at radius 1 is 0.930 bits per heavy atom. The Balaban J connectivity index is 1.36. The van der Waals surface area contributed by atoms with Crippen molar-refractivity contribution in [2.24, 2.45) is 4.99 Å². The molecular formula is C34H26ClN3O4S. The Morgan fingerprint density at radius 3 is 2.30 bits per heavy atom. The molecule has 1 amide bonds. The van der Waals surface area contributed by atoms with Gasteiger partial charge in [0, 0.05) is 34.2 Å². The first kappa shape index (κ1) is 28.3. The fraction of sp³-hybridized carbons (Fsp3) is 0.0882. The van der Waals surface area contributed by atoms with Gasteiger partial charge in [-0.2, -0.15) is 0 Å². The fourth-order valence-electron chi connectivity index (χ4n) is 4.88. The zero-order valence-corrected chi connectivity index (χ0v) is 24.7. The molecule has 1 fully saturated rings. The molecule has 4 aromatic carbocycles. The predicted molar refractivity (Wildman–Crippen MR) is 172 cm³/mol. The second-order valence-electron chi connectivity index (χ2n) is 9.95. The smallest absolute Gasteiger partial charge is 0.335 e. The van der Waals surface area contributed by atoms with Crippen LogP contribution in [0, 0.1) is 0 Å². The minimum atomic E-state index is -0.999. The van der Waals surface area contributed by atoms with Crippen LogP contribution in [-0.4, -0.2) is 38.7 Å². The Kier molecular flexibility index (Phi) is 8.05. The van der Waals surface area contributed by atoms with Crippen LogP contribution in [0.4, 0.5) is 5.69 Å². The van der Waals surface area contributed by atoms with Crippen LogP contribution in [0.1, 0.15) is 27.0 Å². The summed E-state index contributed by atoms with van der Waals surface area (Å²) in [5.41, 5.74) is 4.77. The van der Waals surface area contributed by atoms with Crippen molar-refractivity contribution in [3.63, 3.8) is 0 Å². The number of carbonyl (C=O) groups excluding carboxylic acids is 1. The molecule has 43 heavy (non-hydrogen) atoms. The molecule has 0 saturated carbocycles. The van der Waals surface area contributed by atoms with Crippen molar-refractivity contribution in [1.29, 1.82) is 0 Å². The van der Waals surface area contributed by atoms with Crippen molar-refractivity contribution in [1.82, 2.24) is 9.47 Å². The average Bonchev–Trinajstić information content (AvgIpc) is 3.51. The number of nitrogens with zero attached hydrogens (tertiary/aromatic N) is 3. The summed E-state index contributed by atoms with van der Waals surface area (Å²) in [4.78, 5) is 32.2. The van der Waals surface area contributed by atoms with E-state index in [1.807, 2.05) is 66.7 Å². The second kappa shape index (κ2) is 12.2. The number of carbonyl (C=O) groups is 2. The first-order valence-corrected chi connectivity index (χ1v) is 14.7. The zero-order valence-electron chi connectivity index (χ0n) is 23.1. The van der Waals surface area contributed by atoms with Crippen molar-refractivity contribution in [3.05, 3.63) is 135 Å². The third-order valence-corrected chi connectivity index (χ3v) is 8.36. The number of halogens is 1. The normalized spacial score (nSPS) is 15.1. The van der Waals surface area contributed by atoms with Gasteiger partial charge in [0.15, 0.2) is 5.17 Å². The number of hydrogen-bond acceptors (Lipinski definition) is 5. The molecule has 1 aliphatic heterocycles. The summed E-state index contributed by atoms with van der Waals surface area (Å²) in [6, 6.07) is 29.7. The molecular weight excluding hydrogens is 582 g/mol. The highest BCUT2D eigenvalue weighted by molar-refractivity contribution is 8.18. The number of thioether (sulfide) groups is 1. The molecule has 6 rings (SSSR count). The van der Waals surface area contributed by atoms with Gasteiger partial charge in [0.25, 0.3) is 5.91 Å². The lowest BCUT2D eigenvalue weighted by Gasteiger charge is -2.16. The number of aromatic nitrogens is 1. The highest BCUT2D eigenvalue weighted by Crippen LogP contribution is 2.37. The average molecular weight is 608 g/mol. The number of para-hydroxylation sites is 1. The maximum atomic E-state index is 13.9. The van der Waals surface area contributed by atoms with Crippen molar-refractivity contribution >= 4 is 63.1 Å². The van der Waals surface area contributed by atoms with E-state index >= 15 is 0 Å². The van der Waals surface area contributed by atoms with E-state index in [9.17, 15) is 14.7 Å². The molecule has 7 nitrogen and oxygen atoms in total. The Bertz CT molecular complexity index is 1880. The summed E-state index contributed by atoms with van der Waals surface area (Å²) in [7, 11) is 1.60. The number of fused-ring (bicyclic) bond motifs is 1. The van der Waals surface area contributed by atoms with E-state index in [1.54, 1.807) is 24.1 Å². The van der Waals surface area contributed by atoms with Crippen LogP contribution < -0.4 is 4.74 Å². The Labute approximate surface area is 257 Å².